The second-order valence-corrected chi connectivity index (χ2v) is 6.26. The van der Waals surface area contributed by atoms with E-state index in [9.17, 15) is 9.18 Å². The van der Waals surface area contributed by atoms with Gasteiger partial charge in [0.05, 0.1) is 12.0 Å². The average Bonchev–Trinajstić information content (AvgIpc) is 2.95. The van der Waals surface area contributed by atoms with Crippen LogP contribution in [0.1, 0.15) is 32.6 Å². The molecule has 1 aliphatic heterocycles. The first kappa shape index (κ1) is 18.0. The topological polar surface area (TPSA) is 50.4 Å². The number of ether oxygens (including phenoxy) is 1. The zero-order valence-corrected chi connectivity index (χ0v) is 14.2. The highest BCUT2D eigenvalue weighted by molar-refractivity contribution is 5.96. The molecule has 0 aromatic heterocycles. The molecule has 1 aromatic rings. The fourth-order valence-electron chi connectivity index (χ4n) is 3.80. The highest BCUT2D eigenvalue weighted by Crippen LogP contribution is 2.44. The molecule has 6 heteroatoms. The van der Waals surface area contributed by atoms with E-state index in [2.05, 4.69) is 10.6 Å². The Hall–Kier alpha value is -1.33. The molecule has 2 fully saturated rings. The Morgan fingerprint density at radius 2 is 2.30 bits per heavy atom. The van der Waals surface area contributed by atoms with Gasteiger partial charge in [0.2, 0.25) is 5.91 Å². The Bertz CT molecular complexity index is 570. The molecule has 3 rings (SSSR count). The zero-order chi connectivity index (χ0) is 15.6. The Kier molecular flexibility index (Phi) is 5.87. The van der Waals surface area contributed by atoms with E-state index in [1.165, 1.54) is 12.5 Å². The maximum absolute atomic E-state index is 13.9. The summed E-state index contributed by atoms with van der Waals surface area (Å²) in [7, 11) is 0. The standard InChI is InChI=1S/C17H23FN2O2.ClH/c1-2-22-15-7-6-13(9-14(15)18)20-16(21)17-8-4-3-5-12(17)10-19-11-17;/h6-7,9,12,19H,2-5,8,10-11H2,1H3,(H,20,21);1H/t12-,17+;/m0./s1. The molecule has 1 heterocycles. The fourth-order valence-corrected chi connectivity index (χ4v) is 3.80. The van der Waals surface area contributed by atoms with Crippen molar-refractivity contribution in [1.82, 2.24) is 5.32 Å². The highest BCUT2D eigenvalue weighted by atomic mass is 35.5. The van der Waals surface area contributed by atoms with Crippen LogP contribution in [0, 0.1) is 17.2 Å². The summed E-state index contributed by atoms with van der Waals surface area (Å²) in [5.74, 6) is 0.193. The number of carbonyl (C=O) groups is 1. The number of amides is 1. The van der Waals surface area contributed by atoms with E-state index >= 15 is 0 Å². The second-order valence-electron chi connectivity index (χ2n) is 6.26. The average molecular weight is 343 g/mol. The predicted molar refractivity (Wildman–Crippen MR) is 90.7 cm³/mol. The molecule has 0 spiro atoms. The van der Waals surface area contributed by atoms with Crippen LogP contribution in [0.4, 0.5) is 10.1 Å². The highest BCUT2D eigenvalue weighted by Gasteiger charge is 2.49. The van der Waals surface area contributed by atoms with E-state index < -0.39 is 5.82 Å². The molecule has 0 bridgehead atoms. The van der Waals surface area contributed by atoms with Gasteiger partial charge in [-0.25, -0.2) is 4.39 Å². The van der Waals surface area contributed by atoms with E-state index in [0.29, 0.717) is 18.2 Å². The minimum Gasteiger partial charge on any atom is -0.491 e. The van der Waals surface area contributed by atoms with Crippen molar-refractivity contribution in [1.29, 1.82) is 0 Å². The van der Waals surface area contributed by atoms with E-state index in [4.69, 9.17) is 4.74 Å². The number of fused-ring (bicyclic) bond motifs is 1. The number of hydrogen-bond donors (Lipinski definition) is 2. The van der Waals surface area contributed by atoms with Crippen LogP contribution in [0.15, 0.2) is 18.2 Å². The van der Waals surface area contributed by atoms with E-state index in [0.717, 1.165) is 32.4 Å². The van der Waals surface area contributed by atoms with Gasteiger partial charge in [-0.15, -0.1) is 12.4 Å². The molecule has 128 valence electrons. The molecule has 1 amide bonds. The number of carbonyl (C=O) groups excluding carboxylic acids is 1. The number of nitrogens with one attached hydrogen (secondary N) is 2. The van der Waals surface area contributed by atoms with Crippen molar-refractivity contribution in [3.05, 3.63) is 24.0 Å². The normalized spacial score (nSPS) is 26.1. The minimum atomic E-state index is -0.443. The smallest absolute Gasteiger partial charge is 0.232 e. The monoisotopic (exact) mass is 342 g/mol. The largest absolute Gasteiger partial charge is 0.491 e. The van der Waals surface area contributed by atoms with E-state index in [1.54, 1.807) is 12.1 Å². The first-order valence-electron chi connectivity index (χ1n) is 8.10. The fraction of sp³-hybridized carbons (Fsp3) is 0.588. The van der Waals surface area contributed by atoms with Crippen LogP contribution in [0.2, 0.25) is 0 Å². The lowest BCUT2D eigenvalue weighted by Gasteiger charge is -2.37. The summed E-state index contributed by atoms with van der Waals surface area (Å²) in [5, 5.41) is 6.26. The Morgan fingerprint density at radius 3 is 3.04 bits per heavy atom. The third-order valence-corrected chi connectivity index (χ3v) is 4.98. The van der Waals surface area contributed by atoms with Crippen molar-refractivity contribution in [2.24, 2.45) is 11.3 Å². The van der Waals surface area contributed by atoms with Crippen molar-refractivity contribution >= 4 is 24.0 Å². The van der Waals surface area contributed by atoms with Gasteiger partial charge < -0.3 is 15.4 Å². The molecule has 2 atom stereocenters. The molecule has 1 saturated heterocycles. The number of anilines is 1. The van der Waals surface area contributed by atoms with Gasteiger partial charge in [0.15, 0.2) is 11.6 Å². The third-order valence-electron chi connectivity index (χ3n) is 4.98. The zero-order valence-electron chi connectivity index (χ0n) is 13.4. The van der Waals surface area contributed by atoms with Crippen LogP contribution in [0.3, 0.4) is 0 Å². The summed E-state index contributed by atoms with van der Waals surface area (Å²) >= 11 is 0. The van der Waals surface area contributed by atoms with Crippen LogP contribution in [-0.4, -0.2) is 25.6 Å². The van der Waals surface area contributed by atoms with Crippen LogP contribution >= 0.6 is 12.4 Å². The number of halogens is 2. The van der Waals surface area contributed by atoms with Gasteiger partial charge in [-0.2, -0.15) is 0 Å². The molecule has 0 unspecified atom stereocenters. The first-order chi connectivity index (χ1) is 10.7. The van der Waals surface area contributed by atoms with Gasteiger partial charge in [-0.05, 0) is 44.4 Å². The Balaban J connectivity index is 0.00000192. The van der Waals surface area contributed by atoms with Crippen LogP contribution in [-0.2, 0) is 4.79 Å². The maximum Gasteiger partial charge on any atom is 0.232 e. The third kappa shape index (κ3) is 3.45. The van der Waals surface area contributed by atoms with Gasteiger partial charge in [0.1, 0.15) is 0 Å². The lowest BCUT2D eigenvalue weighted by Crippen LogP contribution is -2.44. The quantitative estimate of drug-likeness (QED) is 0.882. The summed E-state index contributed by atoms with van der Waals surface area (Å²) in [5.41, 5.74) is 0.171. The summed E-state index contributed by atoms with van der Waals surface area (Å²) in [6.45, 7) is 3.86. The molecular weight excluding hydrogens is 319 g/mol. The minimum absolute atomic E-state index is 0. The van der Waals surface area contributed by atoms with Gasteiger partial charge >= 0.3 is 0 Å². The molecule has 2 aliphatic rings. The lowest BCUT2D eigenvalue weighted by atomic mass is 9.67. The molecule has 4 nitrogen and oxygen atoms in total. The van der Waals surface area contributed by atoms with Crippen LogP contribution < -0.4 is 15.4 Å². The van der Waals surface area contributed by atoms with Crippen molar-refractivity contribution in [3.63, 3.8) is 0 Å². The van der Waals surface area contributed by atoms with Crippen molar-refractivity contribution in [2.45, 2.75) is 32.6 Å². The van der Waals surface area contributed by atoms with Crippen molar-refractivity contribution in [3.8, 4) is 5.75 Å². The first-order valence-corrected chi connectivity index (χ1v) is 8.10. The molecule has 1 aromatic carbocycles. The number of rotatable bonds is 4. The summed E-state index contributed by atoms with van der Waals surface area (Å²) < 4.78 is 19.1. The van der Waals surface area contributed by atoms with E-state index in [-0.39, 0.29) is 29.5 Å². The van der Waals surface area contributed by atoms with Gasteiger partial charge in [-0.1, -0.05) is 12.8 Å². The number of hydrogen-bond acceptors (Lipinski definition) is 3. The summed E-state index contributed by atoms with van der Waals surface area (Å²) in [6, 6.07) is 4.60. The molecule has 0 radical (unpaired) electrons. The predicted octanol–water partition coefficient (Wildman–Crippen LogP) is 3.36. The Morgan fingerprint density at radius 1 is 1.48 bits per heavy atom. The molecule has 2 N–H and O–H groups in total. The number of benzene rings is 1. The van der Waals surface area contributed by atoms with Crippen LogP contribution in [0.5, 0.6) is 5.75 Å². The second kappa shape index (κ2) is 7.49. The van der Waals surface area contributed by atoms with Crippen molar-refractivity contribution < 1.29 is 13.9 Å². The molecule has 1 saturated carbocycles. The maximum atomic E-state index is 13.9. The van der Waals surface area contributed by atoms with E-state index in [1.807, 2.05) is 6.92 Å². The molecule has 23 heavy (non-hydrogen) atoms. The van der Waals surface area contributed by atoms with Crippen LogP contribution in [0.25, 0.3) is 0 Å². The Labute approximate surface area is 142 Å². The van der Waals surface area contributed by atoms with Crippen molar-refractivity contribution in [2.75, 3.05) is 25.0 Å². The SMILES string of the molecule is CCOc1ccc(NC(=O)[C@@]23CCCC[C@H]2CNC3)cc1F.Cl. The van der Waals surface area contributed by atoms with Gasteiger partial charge in [0, 0.05) is 18.3 Å². The molecule has 1 aliphatic carbocycles. The summed E-state index contributed by atoms with van der Waals surface area (Å²) in [6.07, 6.45) is 4.29. The van der Waals surface area contributed by atoms with Gasteiger partial charge in [-0.3, -0.25) is 4.79 Å². The lowest BCUT2D eigenvalue weighted by molar-refractivity contribution is -0.128. The van der Waals surface area contributed by atoms with Gasteiger partial charge in [0.25, 0.3) is 0 Å². The summed E-state index contributed by atoms with van der Waals surface area (Å²) in [4.78, 5) is 12.8. The molecular formula is C17H24ClFN2O2.